The number of carbonyl (C=O) groups excluding carboxylic acids is 1. The minimum absolute atomic E-state index is 0.0514. The number of fused-ring (bicyclic) bond motifs is 1. The van der Waals surface area contributed by atoms with Gasteiger partial charge in [-0.15, -0.1) is 11.3 Å². The molecule has 3 heterocycles. The molecule has 0 bridgehead atoms. The number of imidazole rings is 1. The van der Waals surface area contributed by atoms with Gasteiger partial charge in [0.05, 0.1) is 33.4 Å². The molecule has 176 valence electrons. The normalized spacial score (nSPS) is 11.7. The zero-order valence-corrected chi connectivity index (χ0v) is 18.5. The lowest BCUT2D eigenvalue weighted by Gasteiger charge is -2.16. The third kappa shape index (κ3) is 3.95. The number of nitrogens with two attached hydrogens (primary N) is 1. The first-order valence-electron chi connectivity index (χ1n) is 10.1. The lowest BCUT2D eigenvalue weighted by Crippen LogP contribution is -2.19. The van der Waals surface area contributed by atoms with Gasteiger partial charge in [0, 0.05) is 23.8 Å². The third-order valence-corrected chi connectivity index (χ3v) is 6.56. The van der Waals surface area contributed by atoms with Crippen molar-refractivity contribution in [3.8, 4) is 22.6 Å². The fraction of sp³-hybridized carbons (Fsp3) is 0.0417. The van der Waals surface area contributed by atoms with Crippen LogP contribution in [0.3, 0.4) is 0 Å². The number of alkyl halides is 3. The van der Waals surface area contributed by atoms with Crippen molar-refractivity contribution >= 4 is 33.4 Å². The van der Waals surface area contributed by atoms with Crippen molar-refractivity contribution in [2.24, 2.45) is 5.73 Å². The maximum absolute atomic E-state index is 13.8. The van der Waals surface area contributed by atoms with E-state index in [1.807, 2.05) is 24.3 Å². The van der Waals surface area contributed by atoms with Crippen molar-refractivity contribution < 1.29 is 27.9 Å². The highest BCUT2D eigenvalue weighted by Crippen LogP contribution is 2.39. The Labute approximate surface area is 199 Å². The average Bonchev–Trinajstić information content (AvgIpc) is 3.54. The molecule has 0 unspecified atom stereocenters. The van der Waals surface area contributed by atoms with Crippen LogP contribution in [-0.2, 0) is 6.18 Å². The van der Waals surface area contributed by atoms with Gasteiger partial charge in [-0.1, -0.05) is 12.1 Å². The number of carboxylic acids is 1. The molecular weight excluding hydrogens is 481 g/mol. The van der Waals surface area contributed by atoms with Crippen LogP contribution in [0, 0.1) is 0 Å². The zero-order valence-electron chi connectivity index (χ0n) is 17.7. The second-order valence-corrected chi connectivity index (χ2v) is 8.72. The molecule has 5 rings (SSSR count). The van der Waals surface area contributed by atoms with Crippen molar-refractivity contribution in [2.45, 2.75) is 6.18 Å². The molecule has 3 N–H and O–H groups in total. The molecule has 0 aliphatic rings. The molecule has 0 spiro atoms. The summed E-state index contributed by atoms with van der Waals surface area (Å²) in [5, 5.41) is 9.41. The molecule has 7 nitrogen and oxygen atoms in total. The van der Waals surface area contributed by atoms with E-state index in [0.29, 0.717) is 21.5 Å². The van der Waals surface area contributed by atoms with Gasteiger partial charge in [-0.05, 0) is 48.0 Å². The third-order valence-electron chi connectivity index (χ3n) is 5.50. The molecule has 0 aliphatic heterocycles. The number of carbonyl (C=O) groups is 2. The smallest absolute Gasteiger partial charge is 0.417 e. The highest BCUT2D eigenvalue weighted by Gasteiger charge is 2.35. The van der Waals surface area contributed by atoms with Crippen molar-refractivity contribution in [1.29, 1.82) is 0 Å². The second-order valence-electron chi connectivity index (χ2n) is 7.64. The summed E-state index contributed by atoms with van der Waals surface area (Å²) in [6.45, 7) is 0. The first kappa shape index (κ1) is 22.4. The average molecular weight is 496 g/mol. The van der Waals surface area contributed by atoms with E-state index in [1.165, 1.54) is 12.1 Å². The predicted octanol–water partition coefficient (Wildman–Crippen LogP) is 5.36. The fourth-order valence-electron chi connectivity index (χ4n) is 3.93. The minimum Gasteiger partial charge on any atom is -0.477 e. The second kappa shape index (κ2) is 8.13. The minimum atomic E-state index is -4.82. The van der Waals surface area contributed by atoms with Gasteiger partial charge >= 0.3 is 12.1 Å². The van der Waals surface area contributed by atoms with E-state index in [2.05, 4.69) is 4.98 Å². The van der Waals surface area contributed by atoms with E-state index in [0.717, 1.165) is 29.2 Å². The maximum atomic E-state index is 13.8. The van der Waals surface area contributed by atoms with Crippen LogP contribution in [0.1, 0.15) is 25.6 Å². The summed E-state index contributed by atoms with van der Waals surface area (Å²) in [7, 11) is 0. The van der Waals surface area contributed by atoms with Crippen molar-refractivity contribution in [3.63, 3.8) is 0 Å². The Morgan fingerprint density at radius 3 is 2.31 bits per heavy atom. The Hall–Kier alpha value is -4.38. The van der Waals surface area contributed by atoms with E-state index < -0.39 is 29.2 Å². The van der Waals surface area contributed by atoms with Crippen LogP contribution in [0.4, 0.5) is 13.2 Å². The number of rotatable bonds is 5. The van der Waals surface area contributed by atoms with Gasteiger partial charge in [0.2, 0.25) is 5.91 Å². The number of amides is 1. The molecule has 0 saturated heterocycles. The Kier molecular flexibility index (Phi) is 5.21. The number of carboxylic acid groups (broad SMARTS) is 1. The van der Waals surface area contributed by atoms with Gasteiger partial charge in [-0.25, -0.2) is 9.78 Å². The van der Waals surface area contributed by atoms with Crippen LogP contribution in [0.2, 0.25) is 0 Å². The summed E-state index contributed by atoms with van der Waals surface area (Å²) in [6, 6.07) is 13.7. The van der Waals surface area contributed by atoms with Crippen molar-refractivity contribution in [3.05, 3.63) is 89.3 Å². The molecule has 0 radical (unpaired) electrons. The molecule has 2 aromatic carbocycles. The quantitative estimate of drug-likeness (QED) is 0.342. The van der Waals surface area contributed by atoms with Crippen molar-refractivity contribution in [2.75, 3.05) is 0 Å². The Balaban J connectivity index is 1.73. The number of aromatic nitrogens is 3. The first-order chi connectivity index (χ1) is 16.6. The van der Waals surface area contributed by atoms with E-state index in [4.69, 9.17) is 5.73 Å². The van der Waals surface area contributed by atoms with E-state index in [9.17, 15) is 27.9 Å². The summed E-state index contributed by atoms with van der Waals surface area (Å²) < 4.78 is 45.2. The van der Waals surface area contributed by atoms with Gasteiger partial charge < -0.3 is 20.0 Å². The molecule has 11 heteroatoms. The number of hydrogen-bond acceptors (Lipinski definition) is 4. The molecule has 0 fully saturated rings. The van der Waals surface area contributed by atoms with Crippen LogP contribution in [-0.4, -0.2) is 31.1 Å². The Morgan fingerprint density at radius 2 is 1.71 bits per heavy atom. The van der Waals surface area contributed by atoms with Gasteiger partial charge in [-0.3, -0.25) is 4.79 Å². The number of halogens is 3. The highest BCUT2D eigenvalue weighted by molar-refractivity contribution is 7.20. The number of hydrogen-bond donors (Lipinski definition) is 2. The van der Waals surface area contributed by atoms with E-state index in [1.54, 1.807) is 33.9 Å². The zero-order chi connectivity index (χ0) is 24.9. The molecule has 35 heavy (non-hydrogen) atoms. The standard InChI is InChI=1S/C24H15F3N4O3S/c25-24(26,27)17-9-15(5-6-16(17)22(28)32)31-18(10-20-19(31)11-21(35-20)23(33)34)13-1-3-14(4-2-13)30-8-7-29-12-30/h1-12H,(H2,28,32)(H,33,34). The number of primary amides is 1. The largest absolute Gasteiger partial charge is 0.477 e. The lowest BCUT2D eigenvalue weighted by atomic mass is 10.0. The highest BCUT2D eigenvalue weighted by atomic mass is 32.1. The molecule has 1 amide bonds. The predicted molar refractivity (Wildman–Crippen MR) is 124 cm³/mol. The molecule has 3 aromatic heterocycles. The van der Waals surface area contributed by atoms with Crippen molar-refractivity contribution in [1.82, 2.24) is 14.1 Å². The molecule has 0 saturated carbocycles. The summed E-state index contributed by atoms with van der Waals surface area (Å²) in [5.74, 6) is -2.33. The fourth-order valence-corrected chi connectivity index (χ4v) is 4.85. The summed E-state index contributed by atoms with van der Waals surface area (Å²) in [6.07, 6.45) is 0.238. The Morgan fingerprint density at radius 1 is 1.00 bits per heavy atom. The van der Waals surface area contributed by atoms with E-state index in [-0.39, 0.29) is 10.6 Å². The summed E-state index contributed by atoms with van der Waals surface area (Å²) >= 11 is 1.02. The summed E-state index contributed by atoms with van der Waals surface area (Å²) in [5.41, 5.74) is 5.99. The maximum Gasteiger partial charge on any atom is 0.417 e. The van der Waals surface area contributed by atoms with Crippen LogP contribution in [0.5, 0.6) is 0 Å². The van der Waals surface area contributed by atoms with Crippen LogP contribution in [0.15, 0.2) is 73.3 Å². The number of aromatic carboxylic acids is 1. The molecule has 5 aromatic rings. The van der Waals surface area contributed by atoms with Crippen LogP contribution >= 0.6 is 11.3 Å². The number of thiophene rings is 1. The molecular formula is C24H15F3N4O3S. The Bertz CT molecular complexity index is 1580. The van der Waals surface area contributed by atoms with Crippen LogP contribution in [0.25, 0.3) is 32.8 Å². The van der Waals surface area contributed by atoms with Crippen LogP contribution < -0.4 is 5.73 Å². The lowest BCUT2D eigenvalue weighted by molar-refractivity contribution is -0.137. The monoisotopic (exact) mass is 496 g/mol. The van der Waals surface area contributed by atoms with E-state index >= 15 is 0 Å². The molecule has 0 aliphatic carbocycles. The van der Waals surface area contributed by atoms with Gasteiger partial charge in [0.25, 0.3) is 0 Å². The number of benzene rings is 2. The van der Waals surface area contributed by atoms with Gasteiger partial charge in [0.15, 0.2) is 0 Å². The number of nitrogens with zero attached hydrogens (tertiary/aromatic N) is 3. The first-order valence-corrected chi connectivity index (χ1v) is 10.9. The molecule has 0 atom stereocenters. The van der Waals surface area contributed by atoms with Gasteiger partial charge in [-0.2, -0.15) is 13.2 Å². The van der Waals surface area contributed by atoms with Gasteiger partial charge in [0.1, 0.15) is 4.88 Å². The summed E-state index contributed by atoms with van der Waals surface area (Å²) in [4.78, 5) is 27.2. The topological polar surface area (TPSA) is 103 Å². The SMILES string of the molecule is NC(=O)c1ccc(-n2c(-c3ccc(-n4ccnc4)cc3)cc3sc(C(=O)O)cc32)cc1C(F)(F)F.